The molecular weight excluding hydrogens is 234 g/mol. The summed E-state index contributed by atoms with van der Waals surface area (Å²) in [5.41, 5.74) is 11.0. The lowest BCUT2D eigenvalue weighted by Gasteiger charge is -2.15. The molecule has 2 aromatic carbocycles. The third-order valence-corrected chi connectivity index (χ3v) is 3.51. The molecule has 2 rings (SSSR count). The van der Waals surface area contributed by atoms with Crippen LogP contribution < -0.4 is 10.5 Å². The maximum Gasteiger partial charge on any atom is 0.122 e. The smallest absolute Gasteiger partial charge is 0.122 e. The van der Waals surface area contributed by atoms with E-state index in [9.17, 15) is 0 Å². The third-order valence-electron chi connectivity index (χ3n) is 3.51. The molecule has 0 spiro atoms. The lowest BCUT2D eigenvalue weighted by Crippen LogP contribution is -2.12. The second-order valence-electron chi connectivity index (χ2n) is 4.81. The van der Waals surface area contributed by atoms with Crippen molar-refractivity contribution >= 4 is 0 Å². The van der Waals surface area contributed by atoms with Crippen LogP contribution in [0.25, 0.3) is 0 Å². The number of benzene rings is 2. The molecule has 0 bridgehead atoms. The number of methoxy groups -OCH3 is 1. The van der Waals surface area contributed by atoms with Gasteiger partial charge in [0.25, 0.3) is 0 Å². The summed E-state index contributed by atoms with van der Waals surface area (Å²) in [6, 6.07) is 14.5. The van der Waals surface area contributed by atoms with Crippen LogP contribution in [0.2, 0.25) is 0 Å². The summed E-state index contributed by atoms with van der Waals surface area (Å²) in [5, 5.41) is 0. The van der Waals surface area contributed by atoms with E-state index in [1.165, 1.54) is 5.56 Å². The van der Waals surface area contributed by atoms with Crippen LogP contribution in [0.4, 0.5) is 0 Å². The Balaban J connectivity index is 2.35. The number of nitrogens with two attached hydrogens (primary N) is 1. The van der Waals surface area contributed by atoms with Crippen LogP contribution in [0, 0.1) is 6.92 Å². The predicted molar refractivity (Wildman–Crippen MR) is 79.6 cm³/mol. The molecule has 2 aromatic rings. The maximum absolute atomic E-state index is 6.36. The van der Waals surface area contributed by atoms with Crippen LogP contribution in [0.15, 0.2) is 42.5 Å². The molecule has 0 aliphatic carbocycles. The molecule has 0 saturated heterocycles. The normalized spacial score (nSPS) is 12.2. The van der Waals surface area contributed by atoms with Crippen molar-refractivity contribution in [1.29, 1.82) is 0 Å². The molecule has 0 amide bonds. The molecular formula is C17H21NO. The van der Waals surface area contributed by atoms with Crippen LogP contribution in [-0.2, 0) is 6.42 Å². The minimum absolute atomic E-state index is 0.110. The molecule has 0 heterocycles. The summed E-state index contributed by atoms with van der Waals surface area (Å²) >= 11 is 0. The molecule has 0 fully saturated rings. The predicted octanol–water partition coefficient (Wildman–Crippen LogP) is 3.61. The second-order valence-corrected chi connectivity index (χ2v) is 4.81. The standard InChI is InChI=1S/C17H21NO/c1-4-13-6-5-7-14(10-13)17(18)15-9-8-12(2)16(11-15)19-3/h5-11,17H,4,18H2,1-3H3. The minimum atomic E-state index is -0.110. The van der Waals surface area contributed by atoms with Gasteiger partial charge in [-0.2, -0.15) is 0 Å². The molecule has 0 aromatic heterocycles. The van der Waals surface area contributed by atoms with Crippen molar-refractivity contribution in [3.63, 3.8) is 0 Å². The number of ether oxygens (including phenoxy) is 1. The van der Waals surface area contributed by atoms with Crippen LogP contribution in [0.1, 0.15) is 35.2 Å². The van der Waals surface area contributed by atoms with E-state index in [1.54, 1.807) is 7.11 Å². The summed E-state index contributed by atoms with van der Waals surface area (Å²) in [6.45, 7) is 4.19. The zero-order chi connectivity index (χ0) is 13.8. The highest BCUT2D eigenvalue weighted by atomic mass is 16.5. The highest BCUT2D eigenvalue weighted by Gasteiger charge is 2.11. The number of hydrogen-bond acceptors (Lipinski definition) is 2. The third kappa shape index (κ3) is 2.96. The fourth-order valence-corrected chi connectivity index (χ4v) is 2.23. The average molecular weight is 255 g/mol. The van der Waals surface area contributed by atoms with Gasteiger partial charge >= 0.3 is 0 Å². The zero-order valence-corrected chi connectivity index (χ0v) is 11.8. The zero-order valence-electron chi connectivity index (χ0n) is 11.8. The lowest BCUT2D eigenvalue weighted by atomic mass is 9.96. The fraction of sp³-hybridized carbons (Fsp3) is 0.294. The minimum Gasteiger partial charge on any atom is -0.496 e. The van der Waals surface area contributed by atoms with Crippen molar-refractivity contribution < 1.29 is 4.74 Å². The van der Waals surface area contributed by atoms with E-state index in [0.717, 1.165) is 28.9 Å². The maximum atomic E-state index is 6.36. The van der Waals surface area contributed by atoms with E-state index < -0.39 is 0 Å². The van der Waals surface area contributed by atoms with Gasteiger partial charge in [0.1, 0.15) is 5.75 Å². The van der Waals surface area contributed by atoms with E-state index in [4.69, 9.17) is 10.5 Å². The Morgan fingerprint density at radius 1 is 1.11 bits per heavy atom. The first kappa shape index (κ1) is 13.6. The summed E-state index contributed by atoms with van der Waals surface area (Å²) < 4.78 is 5.36. The Morgan fingerprint density at radius 2 is 1.84 bits per heavy atom. The second kappa shape index (κ2) is 5.89. The molecule has 100 valence electrons. The fourth-order valence-electron chi connectivity index (χ4n) is 2.23. The lowest BCUT2D eigenvalue weighted by molar-refractivity contribution is 0.411. The van der Waals surface area contributed by atoms with Gasteiger partial charge < -0.3 is 10.5 Å². The largest absolute Gasteiger partial charge is 0.496 e. The average Bonchev–Trinajstić information content (AvgIpc) is 2.47. The van der Waals surface area contributed by atoms with Crippen molar-refractivity contribution in [3.8, 4) is 5.75 Å². The van der Waals surface area contributed by atoms with Gasteiger partial charge in [0.05, 0.1) is 13.2 Å². The molecule has 0 saturated carbocycles. The van der Waals surface area contributed by atoms with E-state index >= 15 is 0 Å². The van der Waals surface area contributed by atoms with Crippen molar-refractivity contribution in [2.24, 2.45) is 5.73 Å². The summed E-state index contributed by atoms with van der Waals surface area (Å²) in [6.07, 6.45) is 1.03. The molecule has 2 nitrogen and oxygen atoms in total. The molecule has 19 heavy (non-hydrogen) atoms. The van der Waals surface area contributed by atoms with Gasteiger partial charge in [-0.25, -0.2) is 0 Å². The number of aryl methyl sites for hydroxylation is 2. The Bertz CT molecular complexity index is 563. The van der Waals surface area contributed by atoms with Gasteiger partial charge in [-0.1, -0.05) is 43.3 Å². The van der Waals surface area contributed by atoms with Crippen molar-refractivity contribution in [1.82, 2.24) is 0 Å². The van der Waals surface area contributed by atoms with E-state index in [2.05, 4.69) is 43.3 Å². The van der Waals surface area contributed by atoms with E-state index in [-0.39, 0.29) is 6.04 Å². The highest BCUT2D eigenvalue weighted by Crippen LogP contribution is 2.26. The first-order valence-corrected chi connectivity index (χ1v) is 6.64. The van der Waals surface area contributed by atoms with Crippen LogP contribution in [0.5, 0.6) is 5.75 Å². The van der Waals surface area contributed by atoms with E-state index in [1.807, 2.05) is 13.0 Å². The summed E-state index contributed by atoms with van der Waals surface area (Å²) in [7, 11) is 1.69. The molecule has 1 unspecified atom stereocenters. The quantitative estimate of drug-likeness (QED) is 0.905. The molecule has 1 atom stereocenters. The van der Waals surface area contributed by atoms with Gasteiger partial charge in [-0.05, 0) is 41.7 Å². The van der Waals surface area contributed by atoms with Crippen molar-refractivity contribution in [2.75, 3.05) is 7.11 Å². The van der Waals surface area contributed by atoms with Crippen LogP contribution >= 0.6 is 0 Å². The Hall–Kier alpha value is -1.80. The molecule has 2 N–H and O–H groups in total. The van der Waals surface area contributed by atoms with Crippen molar-refractivity contribution in [2.45, 2.75) is 26.3 Å². The van der Waals surface area contributed by atoms with Gasteiger partial charge in [0, 0.05) is 0 Å². The first-order chi connectivity index (χ1) is 9.15. The van der Waals surface area contributed by atoms with Gasteiger partial charge in [-0.15, -0.1) is 0 Å². The van der Waals surface area contributed by atoms with Crippen LogP contribution in [0.3, 0.4) is 0 Å². The van der Waals surface area contributed by atoms with Gasteiger partial charge in [0.15, 0.2) is 0 Å². The SMILES string of the molecule is CCc1cccc(C(N)c2ccc(C)c(OC)c2)c1. The summed E-state index contributed by atoms with van der Waals surface area (Å²) in [4.78, 5) is 0. The number of rotatable bonds is 4. The molecule has 2 heteroatoms. The monoisotopic (exact) mass is 255 g/mol. The summed E-state index contributed by atoms with van der Waals surface area (Å²) in [5.74, 6) is 0.889. The highest BCUT2D eigenvalue weighted by molar-refractivity contribution is 5.41. The molecule has 0 aliphatic heterocycles. The van der Waals surface area contributed by atoms with Crippen molar-refractivity contribution in [3.05, 3.63) is 64.7 Å². The van der Waals surface area contributed by atoms with Gasteiger partial charge in [-0.3, -0.25) is 0 Å². The molecule has 0 aliphatic rings. The Labute approximate surface area is 115 Å². The topological polar surface area (TPSA) is 35.2 Å². The number of hydrogen-bond donors (Lipinski definition) is 1. The molecule has 0 radical (unpaired) electrons. The Morgan fingerprint density at radius 3 is 2.53 bits per heavy atom. The van der Waals surface area contributed by atoms with E-state index in [0.29, 0.717) is 0 Å². The first-order valence-electron chi connectivity index (χ1n) is 6.64. The Kier molecular flexibility index (Phi) is 4.23. The van der Waals surface area contributed by atoms with Gasteiger partial charge in [0.2, 0.25) is 0 Å². The van der Waals surface area contributed by atoms with Crippen LogP contribution in [-0.4, -0.2) is 7.11 Å².